The van der Waals surface area contributed by atoms with Crippen LogP contribution in [0.5, 0.6) is 0 Å². The highest BCUT2D eigenvalue weighted by Gasteiger charge is 2.24. The van der Waals surface area contributed by atoms with Crippen LogP contribution < -0.4 is 11.1 Å². The summed E-state index contributed by atoms with van der Waals surface area (Å²) in [5.41, 5.74) is 5.52. The van der Waals surface area contributed by atoms with Crippen LogP contribution in [0.25, 0.3) is 0 Å². The van der Waals surface area contributed by atoms with E-state index in [0.717, 1.165) is 52.0 Å². The van der Waals surface area contributed by atoms with Gasteiger partial charge in [-0.05, 0) is 46.6 Å². The fraction of sp³-hybridized carbons (Fsp3) is 0.933. The Hall–Kier alpha value is -0.810. The van der Waals surface area contributed by atoms with Crippen LogP contribution in [0, 0.1) is 0 Å². The standard InChI is InChI=1S/C15H32N4O/c1-5-13(7-8-16)18-9-6-10-19(12-11-18)14(20)17-15(2,3)4/h13H,5-12,16H2,1-4H3,(H,17,20). The van der Waals surface area contributed by atoms with Gasteiger partial charge in [-0.15, -0.1) is 0 Å². The summed E-state index contributed by atoms with van der Waals surface area (Å²) in [6.07, 6.45) is 3.22. The van der Waals surface area contributed by atoms with Crippen LogP contribution >= 0.6 is 0 Å². The average molecular weight is 284 g/mol. The number of carbonyl (C=O) groups excluding carboxylic acids is 1. The van der Waals surface area contributed by atoms with Crippen molar-refractivity contribution in [2.45, 2.75) is 58.5 Å². The molecule has 1 saturated heterocycles. The van der Waals surface area contributed by atoms with Crippen LogP contribution in [-0.4, -0.2) is 60.1 Å². The summed E-state index contributed by atoms with van der Waals surface area (Å²) in [6.45, 7) is 12.7. The van der Waals surface area contributed by atoms with Gasteiger partial charge in [-0.1, -0.05) is 6.92 Å². The van der Waals surface area contributed by atoms with Gasteiger partial charge in [0.2, 0.25) is 0 Å². The molecule has 0 saturated carbocycles. The molecule has 1 aliphatic heterocycles. The Balaban J connectivity index is 2.52. The number of hydrogen-bond donors (Lipinski definition) is 2. The van der Waals surface area contributed by atoms with Crippen LogP contribution in [0.2, 0.25) is 0 Å². The van der Waals surface area contributed by atoms with Crippen molar-refractivity contribution in [3.8, 4) is 0 Å². The molecule has 3 N–H and O–H groups in total. The van der Waals surface area contributed by atoms with E-state index in [1.54, 1.807) is 0 Å². The molecule has 0 aromatic heterocycles. The third-order valence-corrected chi connectivity index (χ3v) is 3.79. The van der Waals surface area contributed by atoms with Gasteiger partial charge in [0.25, 0.3) is 0 Å². The average Bonchev–Trinajstić information content (AvgIpc) is 2.59. The van der Waals surface area contributed by atoms with E-state index in [4.69, 9.17) is 5.73 Å². The first-order chi connectivity index (χ1) is 9.37. The van der Waals surface area contributed by atoms with Gasteiger partial charge in [0.1, 0.15) is 0 Å². The highest BCUT2D eigenvalue weighted by Crippen LogP contribution is 2.13. The van der Waals surface area contributed by atoms with Crippen LogP contribution in [0.1, 0.15) is 47.0 Å². The summed E-state index contributed by atoms with van der Waals surface area (Å²) < 4.78 is 0. The second-order valence-corrected chi connectivity index (χ2v) is 6.70. The Morgan fingerprint density at radius 2 is 1.95 bits per heavy atom. The SMILES string of the molecule is CCC(CCN)N1CCCN(C(=O)NC(C)(C)C)CC1. The molecule has 1 rings (SSSR count). The lowest BCUT2D eigenvalue weighted by Gasteiger charge is -2.30. The molecule has 0 aromatic rings. The molecule has 1 unspecified atom stereocenters. The highest BCUT2D eigenvalue weighted by atomic mass is 16.2. The summed E-state index contributed by atoms with van der Waals surface area (Å²) in [7, 11) is 0. The van der Waals surface area contributed by atoms with Crippen molar-refractivity contribution < 1.29 is 4.79 Å². The van der Waals surface area contributed by atoms with Gasteiger partial charge in [-0.3, -0.25) is 4.90 Å². The van der Waals surface area contributed by atoms with Gasteiger partial charge in [0.05, 0.1) is 0 Å². The second kappa shape index (κ2) is 7.84. The van der Waals surface area contributed by atoms with Crippen LogP contribution in [0.4, 0.5) is 4.79 Å². The topological polar surface area (TPSA) is 61.6 Å². The molecule has 0 spiro atoms. The molecule has 118 valence electrons. The molecule has 20 heavy (non-hydrogen) atoms. The van der Waals surface area contributed by atoms with Gasteiger partial charge in [-0.2, -0.15) is 0 Å². The first kappa shape index (κ1) is 17.2. The number of rotatable bonds is 4. The van der Waals surface area contributed by atoms with E-state index in [1.807, 2.05) is 25.7 Å². The lowest BCUT2D eigenvalue weighted by molar-refractivity contribution is 0.176. The molecule has 0 aromatic carbocycles. The fourth-order valence-corrected chi connectivity index (χ4v) is 2.74. The van der Waals surface area contributed by atoms with Crippen LogP contribution in [-0.2, 0) is 0 Å². The molecule has 0 radical (unpaired) electrons. The maximum absolute atomic E-state index is 12.2. The summed E-state index contributed by atoms with van der Waals surface area (Å²) in [4.78, 5) is 16.7. The number of nitrogens with two attached hydrogens (primary N) is 1. The van der Waals surface area contributed by atoms with E-state index >= 15 is 0 Å². The van der Waals surface area contributed by atoms with Gasteiger partial charge in [0, 0.05) is 37.8 Å². The van der Waals surface area contributed by atoms with Crippen molar-refractivity contribution >= 4 is 6.03 Å². The number of hydrogen-bond acceptors (Lipinski definition) is 3. The number of nitrogens with one attached hydrogen (secondary N) is 1. The normalized spacial score (nSPS) is 19.6. The van der Waals surface area contributed by atoms with Crippen molar-refractivity contribution in [1.82, 2.24) is 15.1 Å². The Kier molecular flexibility index (Phi) is 6.76. The van der Waals surface area contributed by atoms with E-state index in [2.05, 4.69) is 17.1 Å². The maximum atomic E-state index is 12.2. The third-order valence-electron chi connectivity index (χ3n) is 3.79. The van der Waals surface area contributed by atoms with Gasteiger partial charge < -0.3 is 16.0 Å². The van der Waals surface area contributed by atoms with E-state index in [1.165, 1.54) is 0 Å². The Morgan fingerprint density at radius 1 is 1.25 bits per heavy atom. The van der Waals surface area contributed by atoms with Crippen LogP contribution in [0.15, 0.2) is 0 Å². The summed E-state index contributed by atoms with van der Waals surface area (Å²) in [5, 5.41) is 3.05. The quantitative estimate of drug-likeness (QED) is 0.825. The molecular weight excluding hydrogens is 252 g/mol. The molecule has 1 fully saturated rings. The van der Waals surface area contributed by atoms with E-state index in [0.29, 0.717) is 6.04 Å². The van der Waals surface area contributed by atoms with Crippen molar-refractivity contribution in [1.29, 1.82) is 0 Å². The predicted molar refractivity (Wildman–Crippen MR) is 83.8 cm³/mol. The zero-order valence-electron chi connectivity index (χ0n) is 13.6. The molecule has 0 aliphatic carbocycles. The molecular formula is C15H32N4O. The fourth-order valence-electron chi connectivity index (χ4n) is 2.74. The Morgan fingerprint density at radius 3 is 2.50 bits per heavy atom. The second-order valence-electron chi connectivity index (χ2n) is 6.70. The summed E-state index contributed by atoms with van der Waals surface area (Å²) >= 11 is 0. The number of amides is 2. The number of nitrogens with zero attached hydrogens (tertiary/aromatic N) is 2. The molecule has 1 atom stereocenters. The van der Waals surface area contributed by atoms with Gasteiger partial charge >= 0.3 is 6.03 Å². The lowest BCUT2D eigenvalue weighted by atomic mass is 10.1. The number of urea groups is 1. The largest absolute Gasteiger partial charge is 0.333 e. The minimum atomic E-state index is -0.172. The van der Waals surface area contributed by atoms with E-state index < -0.39 is 0 Å². The first-order valence-corrected chi connectivity index (χ1v) is 7.88. The Bertz CT molecular complexity index is 301. The zero-order chi connectivity index (χ0) is 15.2. The minimum Gasteiger partial charge on any atom is -0.333 e. The maximum Gasteiger partial charge on any atom is 0.317 e. The highest BCUT2D eigenvalue weighted by molar-refractivity contribution is 5.74. The van der Waals surface area contributed by atoms with E-state index in [-0.39, 0.29) is 11.6 Å². The summed E-state index contributed by atoms with van der Waals surface area (Å²) in [5.74, 6) is 0. The first-order valence-electron chi connectivity index (χ1n) is 7.88. The van der Waals surface area contributed by atoms with Crippen molar-refractivity contribution in [2.75, 3.05) is 32.7 Å². The molecule has 1 heterocycles. The van der Waals surface area contributed by atoms with E-state index in [9.17, 15) is 4.79 Å². The van der Waals surface area contributed by atoms with Crippen molar-refractivity contribution in [3.63, 3.8) is 0 Å². The third kappa shape index (κ3) is 5.67. The van der Waals surface area contributed by atoms with Crippen molar-refractivity contribution in [3.05, 3.63) is 0 Å². The lowest BCUT2D eigenvalue weighted by Crippen LogP contribution is -2.49. The minimum absolute atomic E-state index is 0.0613. The van der Waals surface area contributed by atoms with Crippen LogP contribution in [0.3, 0.4) is 0 Å². The molecule has 5 nitrogen and oxygen atoms in total. The zero-order valence-corrected chi connectivity index (χ0v) is 13.6. The summed E-state index contributed by atoms with van der Waals surface area (Å²) in [6, 6.07) is 0.622. The monoisotopic (exact) mass is 284 g/mol. The molecule has 0 bridgehead atoms. The smallest absolute Gasteiger partial charge is 0.317 e. The Labute approximate surface area is 123 Å². The molecule has 2 amide bonds. The molecule has 5 heteroatoms. The van der Waals surface area contributed by atoms with Crippen molar-refractivity contribution in [2.24, 2.45) is 5.73 Å². The predicted octanol–water partition coefficient (Wildman–Crippen LogP) is 1.63. The van der Waals surface area contributed by atoms with Gasteiger partial charge in [0.15, 0.2) is 0 Å². The number of carbonyl (C=O) groups is 1. The van der Waals surface area contributed by atoms with Gasteiger partial charge in [-0.25, -0.2) is 4.79 Å². The molecule has 1 aliphatic rings.